The van der Waals surface area contributed by atoms with Crippen molar-refractivity contribution in [3.63, 3.8) is 0 Å². The van der Waals surface area contributed by atoms with E-state index in [1.165, 1.54) is 0 Å². The van der Waals surface area contributed by atoms with Gasteiger partial charge in [-0.1, -0.05) is 11.6 Å². The molecule has 1 saturated heterocycles. The number of hydrogen-bond acceptors (Lipinski definition) is 4. The zero-order valence-corrected chi connectivity index (χ0v) is 13.7. The van der Waals surface area contributed by atoms with Crippen LogP contribution in [0.15, 0.2) is 18.3 Å². The third-order valence-corrected chi connectivity index (χ3v) is 3.63. The summed E-state index contributed by atoms with van der Waals surface area (Å²) < 4.78 is 5.41. The monoisotopic (exact) mass is 311 g/mol. The Hall–Kier alpha value is -1.49. The van der Waals surface area contributed by atoms with Gasteiger partial charge >= 0.3 is 6.09 Å². The van der Waals surface area contributed by atoms with Crippen LogP contribution in [0.4, 0.5) is 10.5 Å². The molecule has 1 aliphatic heterocycles. The lowest BCUT2D eigenvalue weighted by atomic mass is 10.0. The van der Waals surface area contributed by atoms with Crippen molar-refractivity contribution in [2.45, 2.75) is 38.8 Å². The number of carbonyl (C=O) groups excluding carboxylic acids is 1. The van der Waals surface area contributed by atoms with Gasteiger partial charge in [-0.15, -0.1) is 0 Å². The number of anilines is 1. The molecule has 1 atom stereocenters. The molecule has 0 radical (unpaired) electrons. The SMILES string of the molecule is CN(C[C@@H]1CCN1C(=O)OC(C)(C)C)c1ccc(Cl)nc1. The standard InChI is InChI=1S/C15H22ClN3O2/c1-15(2,3)21-14(20)19-8-7-12(19)10-18(4)11-5-6-13(16)17-9-11/h5-6,9,12H,7-8,10H2,1-4H3/t12-/m0/s1. The topological polar surface area (TPSA) is 45.7 Å². The van der Waals surface area contributed by atoms with Crippen LogP contribution in [0.3, 0.4) is 0 Å². The lowest BCUT2D eigenvalue weighted by molar-refractivity contribution is -0.00357. The van der Waals surface area contributed by atoms with E-state index in [1.807, 2.05) is 33.9 Å². The van der Waals surface area contributed by atoms with Gasteiger partial charge in [-0.05, 0) is 39.3 Å². The van der Waals surface area contributed by atoms with Gasteiger partial charge in [0.25, 0.3) is 0 Å². The largest absolute Gasteiger partial charge is 0.444 e. The van der Waals surface area contributed by atoms with Crippen LogP contribution in [-0.4, -0.2) is 47.8 Å². The van der Waals surface area contributed by atoms with Crippen LogP contribution < -0.4 is 4.90 Å². The van der Waals surface area contributed by atoms with E-state index < -0.39 is 5.60 Å². The van der Waals surface area contributed by atoms with Crippen molar-refractivity contribution < 1.29 is 9.53 Å². The molecule has 0 aromatic carbocycles. The van der Waals surface area contributed by atoms with E-state index in [-0.39, 0.29) is 12.1 Å². The summed E-state index contributed by atoms with van der Waals surface area (Å²) in [4.78, 5) is 20.0. The second kappa shape index (κ2) is 6.10. The highest BCUT2D eigenvalue weighted by molar-refractivity contribution is 6.29. The maximum absolute atomic E-state index is 12.1. The molecule has 0 bridgehead atoms. The number of halogens is 1. The minimum Gasteiger partial charge on any atom is -0.444 e. The number of hydrogen-bond donors (Lipinski definition) is 0. The van der Waals surface area contributed by atoms with Gasteiger partial charge < -0.3 is 14.5 Å². The molecule has 5 nitrogen and oxygen atoms in total. The van der Waals surface area contributed by atoms with Gasteiger partial charge in [-0.25, -0.2) is 9.78 Å². The van der Waals surface area contributed by atoms with Gasteiger partial charge in [0.1, 0.15) is 10.8 Å². The van der Waals surface area contributed by atoms with Crippen LogP contribution in [0.2, 0.25) is 5.15 Å². The van der Waals surface area contributed by atoms with Crippen molar-refractivity contribution in [2.75, 3.05) is 25.0 Å². The molecule has 1 fully saturated rings. The Morgan fingerprint density at radius 1 is 1.52 bits per heavy atom. The average Bonchev–Trinajstić information content (AvgIpc) is 2.32. The second-order valence-corrected chi connectivity index (χ2v) is 6.72. The van der Waals surface area contributed by atoms with Crippen molar-refractivity contribution in [1.29, 1.82) is 0 Å². The van der Waals surface area contributed by atoms with Crippen molar-refractivity contribution in [3.8, 4) is 0 Å². The molecule has 2 heterocycles. The quantitative estimate of drug-likeness (QED) is 0.804. The summed E-state index contributed by atoms with van der Waals surface area (Å²) in [6.45, 7) is 7.15. The predicted molar refractivity (Wildman–Crippen MR) is 83.9 cm³/mol. The third kappa shape index (κ3) is 4.24. The normalized spacial score (nSPS) is 18.1. The highest BCUT2D eigenvalue weighted by Crippen LogP contribution is 2.23. The summed E-state index contributed by atoms with van der Waals surface area (Å²) in [5.41, 5.74) is 0.527. The zero-order valence-electron chi connectivity index (χ0n) is 13.0. The van der Waals surface area contributed by atoms with Crippen molar-refractivity contribution >= 4 is 23.4 Å². The molecule has 1 amide bonds. The van der Waals surface area contributed by atoms with E-state index in [4.69, 9.17) is 16.3 Å². The molecule has 0 unspecified atom stereocenters. The summed E-state index contributed by atoms with van der Waals surface area (Å²) in [6, 6.07) is 3.87. The third-order valence-electron chi connectivity index (χ3n) is 3.41. The Morgan fingerprint density at radius 2 is 2.24 bits per heavy atom. The lowest BCUT2D eigenvalue weighted by Crippen LogP contribution is -2.56. The molecule has 21 heavy (non-hydrogen) atoms. The van der Waals surface area contributed by atoms with Crippen LogP contribution >= 0.6 is 11.6 Å². The number of amides is 1. The molecule has 6 heteroatoms. The minimum atomic E-state index is -0.455. The first-order valence-corrected chi connectivity index (χ1v) is 7.46. The van der Waals surface area contributed by atoms with E-state index in [9.17, 15) is 4.79 Å². The number of nitrogens with zero attached hydrogens (tertiary/aromatic N) is 3. The van der Waals surface area contributed by atoms with Gasteiger partial charge in [0.05, 0.1) is 17.9 Å². The maximum atomic E-state index is 12.1. The van der Waals surface area contributed by atoms with Crippen LogP contribution in [0, 0.1) is 0 Å². The van der Waals surface area contributed by atoms with E-state index in [0.717, 1.165) is 25.2 Å². The average molecular weight is 312 g/mol. The minimum absolute atomic E-state index is 0.181. The van der Waals surface area contributed by atoms with Crippen LogP contribution in [0.25, 0.3) is 0 Å². The highest BCUT2D eigenvalue weighted by atomic mass is 35.5. The molecular weight excluding hydrogens is 290 g/mol. The Kier molecular flexibility index (Phi) is 4.61. The van der Waals surface area contributed by atoms with Crippen molar-refractivity contribution in [2.24, 2.45) is 0 Å². The van der Waals surface area contributed by atoms with Crippen LogP contribution in [0.1, 0.15) is 27.2 Å². The second-order valence-electron chi connectivity index (χ2n) is 6.34. The fourth-order valence-electron chi connectivity index (χ4n) is 2.21. The molecule has 1 aliphatic rings. The Morgan fingerprint density at radius 3 is 2.71 bits per heavy atom. The number of aromatic nitrogens is 1. The van der Waals surface area contributed by atoms with Crippen molar-refractivity contribution in [1.82, 2.24) is 9.88 Å². The van der Waals surface area contributed by atoms with Crippen LogP contribution in [0.5, 0.6) is 0 Å². The summed E-state index contributed by atoms with van der Waals surface area (Å²) in [7, 11) is 1.98. The first kappa shape index (κ1) is 15.9. The summed E-state index contributed by atoms with van der Waals surface area (Å²) in [6.07, 6.45) is 2.49. The van der Waals surface area contributed by atoms with Gasteiger partial charge in [0.2, 0.25) is 0 Å². The smallest absolute Gasteiger partial charge is 0.410 e. The summed E-state index contributed by atoms with van der Waals surface area (Å²) in [5.74, 6) is 0. The molecule has 1 aromatic heterocycles. The molecule has 1 aromatic rings. The van der Waals surface area contributed by atoms with E-state index >= 15 is 0 Å². The van der Waals surface area contributed by atoms with Gasteiger partial charge in [-0.2, -0.15) is 0 Å². The fraction of sp³-hybridized carbons (Fsp3) is 0.600. The highest BCUT2D eigenvalue weighted by Gasteiger charge is 2.35. The molecule has 0 aliphatic carbocycles. The number of ether oxygens (including phenoxy) is 1. The predicted octanol–water partition coefficient (Wildman–Crippen LogP) is 3.18. The molecular formula is C15H22ClN3O2. The lowest BCUT2D eigenvalue weighted by Gasteiger charge is -2.43. The van der Waals surface area contributed by atoms with Gasteiger partial charge in [0, 0.05) is 20.1 Å². The number of likely N-dealkylation sites (N-methyl/N-ethyl adjacent to an activating group) is 1. The van der Waals surface area contributed by atoms with Gasteiger partial charge in [0.15, 0.2) is 0 Å². The molecule has 0 spiro atoms. The van der Waals surface area contributed by atoms with E-state index in [1.54, 1.807) is 17.2 Å². The van der Waals surface area contributed by atoms with E-state index in [2.05, 4.69) is 9.88 Å². The maximum Gasteiger partial charge on any atom is 0.410 e. The number of carbonyl (C=O) groups is 1. The molecule has 0 saturated carbocycles. The van der Waals surface area contributed by atoms with E-state index in [0.29, 0.717) is 5.15 Å². The van der Waals surface area contributed by atoms with Crippen molar-refractivity contribution in [3.05, 3.63) is 23.5 Å². The summed E-state index contributed by atoms with van der Waals surface area (Å²) >= 11 is 5.79. The Bertz CT molecular complexity index is 499. The zero-order chi connectivity index (χ0) is 15.6. The molecule has 0 N–H and O–H groups in total. The first-order valence-electron chi connectivity index (χ1n) is 7.08. The summed E-state index contributed by atoms with van der Waals surface area (Å²) in [5, 5.41) is 0.478. The Balaban J connectivity index is 1.91. The Labute approximate surface area is 130 Å². The van der Waals surface area contributed by atoms with Gasteiger partial charge in [-0.3, -0.25) is 0 Å². The number of rotatable bonds is 3. The first-order chi connectivity index (χ1) is 9.76. The fourth-order valence-corrected chi connectivity index (χ4v) is 2.32. The van der Waals surface area contributed by atoms with Crippen LogP contribution in [-0.2, 0) is 4.74 Å². The molecule has 116 valence electrons. The molecule has 2 rings (SSSR count). The number of likely N-dealkylation sites (tertiary alicyclic amines) is 1. The number of pyridine rings is 1.